The Labute approximate surface area is 153 Å². The van der Waals surface area contributed by atoms with Crippen LogP contribution in [0.4, 0.5) is 0 Å². The quantitative estimate of drug-likeness (QED) is 0.665. The Morgan fingerprint density at radius 3 is 2.58 bits per heavy atom. The van der Waals surface area contributed by atoms with Crippen molar-refractivity contribution in [2.24, 2.45) is 4.99 Å². The highest BCUT2D eigenvalue weighted by Gasteiger charge is 2.20. The second kappa shape index (κ2) is 6.37. The number of para-hydroxylation sites is 1. The van der Waals surface area contributed by atoms with E-state index >= 15 is 0 Å². The van der Waals surface area contributed by atoms with Gasteiger partial charge in [-0.2, -0.15) is 0 Å². The highest BCUT2D eigenvalue weighted by Crippen LogP contribution is 2.28. The van der Waals surface area contributed by atoms with Crippen molar-refractivity contribution >= 4 is 22.7 Å². The van der Waals surface area contributed by atoms with E-state index in [0.29, 0.717) is 0 Å². The molecule has 2 aromatic heterocycles. The third kappa shape index (κ3) is 3.10. The van der Waals surface area contributed by atoms with Crippen molar-refractivity contribution in [3.05, 3.63) is 76.6 Å². The minimum absolute atomic E-state index is 0.0911. The fourth-order valence-corrected chi connectivity index (χ4v) is 3.25. The minimum atomic E-state index is 0.0911. The van der Waals surface area contributed by atoms with Crippen molar-refractivity contribution in [3.8, 4) is 0 Å². The first kappa shape index (κ1) is 16.5. The van der Waals surface area contributed by atoms with Gasteiger partial charge in [0.2, 0.25) is 0 Å². The number of aromatic nitrogens is 2. The van der Waals surface area contributed by atoms with Gasteiger partial charge in [-0.15, -0.1) is 0 Å². The second-order valence-electron chi connectivity index (χ2n) is 7.02. The van der Waals surface area contributed by atoms with E-state index in [1.807, 2.05) is 32.1 Å². The molecule has 0 bridgehead atoms. The van der Waals surface area contributed by atoms with Crippen molar-refractivity contribution in [1.82, 2.24) is 9.97 Å². The number of fused-ring (bicyclic) bond motifs is 1. The van der Waals surface area contributed by atoms with Gasteiger partial charge in [0.25, 0.3) is 0 Å². The Morgan fingerprint density at radius 1 is 1.08 bits per heavy atom. The number of benzene rings is 1. The first-order chi connectivity index (χ1) is 12.5. The van der Waals surface area contributed by atoms with Crippen LogP contribution in [0.5, 0.6) is 0 Å². The SMILES string of the molecule is Cc1cc(C)c(C=C2N=C(c3cc4ccccc4[nH]3)C=C2OC(C)C)[nH]1. The molecule has 0 radical (unpaired) electrons. The lowest BCUT2D eigenvalue weighted by atomic mass is 10.2. The monoisotopic (exact) mass is 345 g/mol. The predicted octanol–water partition coefficient (Wildman–Crippen LogP) is 5.27. The van der Waals surface area contributed by atoms with Crippen molar-refractivity contribution < 1.29 is 4.74 Å². The van der Waals surface area contributed by atoms with Gasteiger partial charge >= 0.3 is 0 Å². The number of aryl methyl sites for hydroxylation is 2. The number of nitrogens with zero attached hydrogens (tertiary/aromatic N) is 1. The molecule has 0 aliphatic carbocycles. The zero-order valence-corrected chi connectivity index (χ0v) is 15.6. The van der Waals surface area contributed by atoms with Crippen molar-refractivity contribution in [2.45, 2.75) is 33.8 Å². The van der Waals surface area contributed by atoms with Crippen LogP contribution in [0.2, 0.25) is 0 Å². The van der Waals surface area contributed by atoms with E-state index in [1.165, 1.54) is 10.9 Å². The third-order valence-electron chi connectivity index (χ3n) is 4.40. The standard InChI is InChI=1S/C22H23N3O/c1-13(2)26-22-12-20(19-10-16-7-5-6-8-17(16)24-19)25-21(22)11-18-14(3)9-15(4)23-18/h5-13,23-24H,1-4H3. The van der Waals surface area contributed by atoms with Gasteiger partial charge in [0.15, 0.2) is 0 Å². The molecule has 3 heterocycles. The summed E-state index contributed by atoms with van der Waals surface area (Å²) in [6.07, 6.45) is 4.17. The molecule has 2 N–H and O–H groups in total. The van der Waals surface area contributed by atoms with E-state index in [-0.39, 0.29) is 6.10 Å². The molecule has 132 valence electrons. The van der Waals surface area contributed by atoms with Gasteiger partial charge in [-0.3, -0.25) is 0 Å². The number of H-pyrrole nitrogens is 2. The van der Waals surface area contributed by atoms with Crippen molar-refractivity contribution in [3.63, 3.8) is 0 Å². The lowest BCUT2D eigenvalue weighted by molar-refractivity contribution is 0.155. The van der Waals surface area contributed by atoms with E-state index in [9.17, 15) is 0 Å². The van der Waals surface area contributed by atoms with E-state index in [2.05, 4.69) is 54.2 Å². The molecule has 4 heteroatoms. The molecule has 1 aliphatic heterocycles. The summed E-state index contributed by atoms with van der Waals surface area (Å²) in [5.74, 6) is 0.806. The average molecular weight is 345 g/mol. The van der Waals surface area contributed by atoms with Crippen LogP contribution in [0, 0.1) is 13.8 Å². The number of aromatic amines is 2. The van der Waals surface area contributed by atoms with Crippen LogP contribution in [-0.4, -0.2) is 21.8 Å². The van der Waals surface area contributed by atoms with Crippen LogP contribution in [0.1, 0.15) is 36.5 Å². The Balaban J connectivity index is 1.77. The fourth-order valence-electron chi connectivity index (χ4n) is 3.25. The maximum absolute atomic E-state index is 6.02. The molecular weight excluding hydrogens is 322 g/mol. The highest BCUT2D eigenvalue weighted by atomic mass is 16.5. The first-order valence-electron chi connectivity index (χ1n) is 8.93. The topological polar surface area (TPSA) is 53.2 Å². The molecule has 4 nitrogen and oxygen atoms in total. The normalized spacial score (nSPS) is 15.8. The lowest BCUT2D eigenvalue weighted by Gasteiger charge is -2.11. The molecule has 26 heavy (non-hydrogen) atoms. The van der Waals surface area contributed by atoms with Gasteiger partial charge in [-0.05, 0) is 57.5 Å². The van der Waals surface area contributed by atoms with Crippen LogP contribution in [0.25, 0.3) is 17.0 Å². The molecule has 0 atom stereocenters. The van der Waals surface area contributed by atoms with Crippen molar-refractivity contribution in [1.29, 1.82) is 0 Å². The lowest BCUT2D eigenvalue weighted by Crippen LogP contribution is -2.02. The van der Waals surface area contributed by atoms with E-state index < -0.39 is 0 Å². The number of nitrogens with one attached hydrogen (secondary N) is 2. The first-order valence-corrected chi connectivity index (χ1v) is 8.93. The second-order valence-corrected chi connectivity index (χ2v) is 7.02. The van der Waals surface area contributed by atoms with Gasteiger partial charge in [0.05, 0.1) is 17.5 Å². The number of rotatable bonds is 4. The fraction of sp³-hybridized carbons (Fsp3) is 0.227. The summed E-state index contributed by atoms with van der Waals surface area (Å²) in [6, 6.07) is 12.5. The summed E-state index contributed by atoms with van der Waals surface area (Å²) in [7, 11) is 0. The van der Waals surface area contributed by atoms with Gasteiger partial charge in [0, 0.05) is 28.4 Å². The maximum Gasteiger partial charge on any atom is 0.147 e. The number of aliphatic imine (C=N–C) groups is 1. The Bertz CT molecular complexity index is 1030. The number of hydrogen-bond donors (Lipinski definition) is 2. The van der Waals surface area contributed by atoms with Gasteiger partial charge in [-0.25, -0.2) is 4.99 Å². The van der Waals surface area contributed by atoms with Gasteiger partial charge in [0.1, 0.15) is 11.5 Å². The molecule has 1 aromatic carbocycles. The molecule has 1 aliphatic rings. The Hall–Kier alpha value is -3.01. The predicted molar refractivity (Wildman–Crippen MR) is 107 cm³/mol. The van der Waals surface area contributed by atoms with Crippen LogP contribution >= 0.6 is 0 Å². The third-order valence-corrected chi connectivity index (χ3v) is 4.40. The summed E-state index contributed by atoms with van der Waals surface area (Å²) in [4.78, 5) is 11.7. The van der Waals surface area contributed by atoms with Crippen LogP contribution in [0.15, 0.2) is 58.9 Å². The Morgan fingerprint density at radius 2 is 1.88 bits per heavy atom. The van der Waals surface area contributed by atoms with Crippen molar-refractivity contribution in [2.75, 3.05) is 0 Å². The minimum Gasteiger partial charge on any atom is -0.489 e. The zero-order chi connectivity index (χ0) is 18.3. The largest absolute Gasteiger partial charge is 0.489 e. The maximum atomic E-state index is 6.02. The molecule has 0 saturated carbocycles. The van der Waals surface area contributed by atoms with Gasteiger partial charge in [-0.1, -0.05) is 18.2 Å². The van der Waals surface area contributed by atoms with E-state index in [1.54, 1.807) is 0 Å². The van der Waals surface area contributed by atoms with Crippen LogP contribution < -0.4 is 0 Å². The zero-order valence-electron chi connectivity index (χ0n) is 15.6. The molecule has 0 unspecified atom stereocenters. The summed E-state index contributed by atoms with van der Waals surface area (Å²) in [5, 5.41) is 1.18. The molecule has 4 rings (SSSR count). The number of allylic oxidation sites excluding steroid dienone is 1. The Kier molecular flexibility index (Phi) is 4.03. The summed E-state index contributed by atoms with van der Waals surface area (Å²) >= 11 is 0. The highest BCUT2D eigenvalue weighted by molar-refractivity contribution is 6.13. The number of hydrogen-bond acceptors (Lipinski definition) is 2. The van der Waals surface area contributed by atoms with Crippen LogP contribution in [0.3, 0.4) is 0 Å². The summed E-state index contributed by atoms with van der Waals surface area (Å²) in [6.45, 7) is 8.22. The summed E-state index contributed by atoms with van der Waals surface area (Å²) in [5.41, 5.74) is 7.26. The van der Waals surface area contributed by atoms with E-state index in [4.69, 9.17) is 9.73 Å². The molecule has 0 fully saturated rings. The molecule has 3 aromatic rings. The average Bonchev–Trinajstić information content (AvgIpc) is 3.25. The summed E-state index contributed by atoms with van der Waals surface area (Å²) < 4.78 is 6.02. The number of ether oxygens (including phenoxy) is 1. The smallest absolute Gasteiger partial charge is 0.147 e. The molecule has 0 spiro atoms. The molecular formula is C22H23N3O. The van der Waals surface area contributed by atoms with E-state index in [0.717, 1.165) is 39.8 Å². The van der Waals surface area contributed by atoms with Crippen LogP contribution in [-0.2, 0) is 4.74 Å². The molecule has 0 amide bonds. The van der Waals surface area contributed by atoms with Gasteiger partial charge < -0.3 is 14.7 Å². The molecule has 0 saturated heterocycles.